The van der Waals surface area contributed by atoms with Gasteiger partial charge in [0, 0.05) is 6.42 Å². The molecule has 0 saturated heterocycles. The Hall–Kier alpha value is -0.710. The number of carbonyl (C=O) groups excluding carboxylic acids is 1. The maximum Gasteiger partial charge on any atom is 0.336 e. The summed E-state index contributed by atoms with van der Waals surface area (Å²) in [5.41, 5.74) is 0. The number of unbranched alkanes of at least 4 members (excludes halogenated alkanes) is 5. The minimum absolute atomic E-state index is 0.168. The lowest BCUT2D eigenvalue weighted by atomic mass is 10.1. The number of esters is 1. The lowest BCUT2D eigenvalue weighted by molar-refractivity contribution is -0.152. The Bertz CT molecular complexity index is 553. The van der Waals surface area contributed by atoms with E-state index in [2.05, 4.69) is 15.3 Å². The lowest BCUT2D eigenvalue weighted by Crippen LogP contribution is -2.30. The Labute approximate surface area is 145 Å². The molecular weight excluding hydrogens is 360 g/mol. The van der Waals surface area contributed by atoms with Gasteiger partial charge in [0.25, 0.3) is 20.2 Å². The van der Waals surface area contributed by atoms with Crippen LogP contribution in [0.1, 0.15) is 51.9 Å². The molecule has 0 rings (SSSR count). The van der Waals surface area contributed by atoms with Gasteiger partial charge in [-0.3, -0.25) is 8.37 Å². The molecule has 0 radical (unpaired) electrons. The van der Waals surface area contributed by atoms with Crippen molar-refractivity contribution in [3.63, 3.8) is 0 Å². The second kappa shape index (κ2) is 11.8. The first-order valence-electron chi connectivity index (χ1n) is 7.94. The van der Waals surface area contributed by atoms with Crippen LogP contribution < -0.4 is 0 Å². The van der Waals surface area contributed by atoms with Crippen molar-refractivity contribution < 1.29 is 34.7 Å². The molecule has 24 heavy (non-hydrogen) atoms. The first kappa shape index (κ1) is 23.3. The van der Waals surface area contributed by atoms with Gasteiger partial charge in [0.1, 0.15) is 0 Å². The zero-order chi connectivity index (χ0) is 18.6. The van der Waals surface area contributed by atoms with E-state index in [1.807, 2.05) is 0 Å². The molecule has 8 nitrogen and oxygen atoms in total. The second-order valence-electron chi connectivity index (χ2n) is 5.54. The third-order valence-corrected chi connectivity index (χ3v) is 4.15. The van der Waals surface area contributed by atoms with Crippen molar-refractivity contribution in [2.75, 3.05) is 25.7 Å². The van der Waals surface area contributed by atoms with Gasteiger partial charge in [-0.2, -0.15) is 16.8 Å². The van der Waals surface area contributed by atoms with Crippen LogP contribution in [0.3, 0.4) is 0 Å². The van der Waals surface area contributed by atoms with E-state index >= 15 is 0 Å². The smallest absolute Gasteiger partial charge is 0.336 e. The maximum atomic E-state index is 11.9. The van der Waals surface area contributed by atoms with Gasteiger partial charge in [-0.05, 0) is 6.42 Å². The van der Waals surface area contributed by atoms with E-state index in [0.717, 1.165) is 38.2 Å². The molecule has 0 N–H and O–H groups in total. The van der Waals surface area contributed by atoms with E-state index in [0.29, 0.717) is 6.42 Å². The van der Waals surface area contributed by atoms with Crippen molar-refractivity contribution in [2.45, 2.75) is 58.0 Å². The van der Waals surface area contributed by atoms with Gasteiger partial charge in [-0.25, -0.2) is 4.79 Å². The fraction of sp³-hybridized carbons (Fsp3) is 0.929. The highest BCUT2D eigenvalue weighted by molar-refractivity contribution is 7.86. The van der Waals surface area contributed by atoms with Crippen LogP contribution in [-0.4, -0.2) is 54.6 Å². The molecule has 0 aliphatic carbocycles. The molecule has 0 spiro atoms. The molecule has 0 amide bonds. The van der Waals surface area contributed by atoms with Gasteiger partial charge in [0.15, 0.2) is 6.10 Å². The zero-order valence-electron chi connectivity index (χ0n) is 14.5. The molecule has 0 aliphatic heterocycles. The third-order valence-electron chi connectivity index (χ3n) is 2.97. The van der Waals surface area contributed by atoms with Crippen molar-refractivity contribution >= 4 is 26.2 Å². The highest BCUT2D eigenvalue weighted by Gasteiger charge is 2.25. The van der Waals surface area contributed by atoms with Gasteiger partial charge in [0.2, 0.25) is 0 Å². The van der Waals surface area contributed by atoms with E-state index in [9.17, 15) is 21.6 Å². The summed E-state index contributed by atoms with van der Waals surface area (Å²) in [5, 5.41) is 0. The summed E-state index contributed by atoms with van der Waals surface area (Å²) in [7, 11) is -7.56. The SMILES string of the molecule is CCCCCCCCOC(=O)C(CCOS(C)(=O)=O)OS(C)(=O)=O. The zero-order valence-corrected chi connectivity index (χ0v) is 16.2. The van der Waals surface area contributed by atoms with Crippen molar-refractivity contribution in [1.29, 1.82) is 0 Å². The summed E-state index contributed by atoms with van der Waals surface area (Å²) in [6.45, 7) is 1.92. The van der Waals surface area contributed by atoms with Crippen LogP contribution in [0, 0.1) is 0 Å². The fourth-order valence-electron chi connectivity index (χ4n) is 1.87. The topological polar surface area (TPSA) is 113 Å². The van der Waals surface area contributed by atoms with Gasteiger partial charge in [-0.15, -0.1) is 0 Å². The van der Waals surface area contributed by atoms with Gasteiger partial charge >= 0.3 is 5.97 Å². The summed E-state index contributed by atoms with van der Waals surface area (Å²) in [5.74, 6) is -0.842. The molecule has 0 aromatic carbocycles. The normalized spacial score (nSPS) is 13.6. The predicted octanol–water partition coefficient (Wildman–Crippen LogP) is 1.60. The van der Waals surface area contributed by atoms with E-state index < -0.39 is 32.3 Å². The molecule has 0 aromatic rings. The summed E-state index contributed by atoms with van der Waals surface area (Å²) in [6.07, 6.45) is 6.11. The average Bonchev–Trinajstić information content (AvgIpc) is 2.42. The second-order valence-corrected chi connectivity index (χ2v) is 8.78. The van der Waals surface area contributed by atoms with Crippen LogP contribution in [0.25, 0.3) is 0 Å². The molecule has 10 heteroatoms. The summed E-state index contributed by atoms with van der Waals surface area (Å²) < 4.78 is 58.3. The Morgan fingerprint density at radius 3 is 2.00 bits per heavy atom. The Morgan fingerprint density at radius 2 is 1.46 bits per heavy atom. The standard InChI is InChI=1S/C14H28O8S2/c1-4-5-6-7-8-9-11-20-14(15)13(22-24(3,18)19)10-12-21-23(2,16)17/h13H,4-12H2,1-3H3. The van der Waals surface area contributed by atoms with E-state index in [1.54, 1.807) is 0 Å². The van der Waals surface area contributed by atoms with E-state index in [4.69, 9.17) is 4.74 Å². The van der Waals surface area contributed by atoms with Crippen LogP contribution in [-0.2, 0) is 38.1 Å². The largest absolute Gasteiger partial charge is 0.464 e. The number of ether oxygens (including phenoxy) is 1. The molecule has 0 bridgehead atoms. The van der Waals surface area contributed by atoms with Crippen molar-refractivity contribution in [3.05, 3.63) is 0 Å². The van der Waals surface area contributed by atoms with Crippen LogP contribution >= 0.6 is 0 Å². The lowest BCUT2D eigenvalue weighted by Gasteiger charge is -2.15. The molecule has 1 atom stereocenters. The van der Waals surface area contributed by atoms with Gasteiger partial charge in [-0.1, -0.05) is 39.0 Å². The highest BCUT2D eigenvalue weighted by Crippen LogP contribution is 2.09. The van der Waals surface area contributed by atoms with Gasteiger partial charge in [0.05, 0.1) is 25.7 Å². The minimum atomic E-state index is -3.89. The van der Waals surface area contributed by atoms with Crippen molar-refractivity contribution in [3.8, 4) is 0 Å². The monoisotopic (exact) mass is 388 g/mol. The van der Waals surface area contributed by atoms with E-state index in [-0.39, 0.29) is 19.6 Å². The number of rotatable bonds is 14. The minimum Gasteiger partial charge on any atom is -0.464 e. The fourth-order valence-corrected chi connectivity index (χ4v) is 2.87. The number of hydrogen-bond acceptors (Lipinski definition) is 8. The molecule has 0 heterocycles. The predicted molar refractivity (Wildman–Crippen MR) is 89.5 cm³/mol. The quantitative estimate of drug-likeness (QED) is 0.250. The molecule has 144 valence electrons. The number of hydrogen-bond donors (Lipinski definition) is 0. The molecule has 0 aromatic heterocycles. The highest BCUT2D eigenvalue weighted by atomic mass is 32.2. The van der Waals surface area contributed by atoms with Crippen LogP contribution in [0.5, 0.6) is 0 Å². The Morgan fingerprint density at radius 1 is 0.875 bits per heavy atom. The molecular formula is C14H28O8S2. The summed E-state index contributed by atoms with van der Waals surface area (Å²) in [4.78, 5) is 11.9. The molecule has 0 saturated carbocycles. The van der Waals surface area contributed by atoms with Crippen LogP contribution in [0.4, 0.5) is 0 Å². The third kappa shape index (κ3) is 14.9. The summed E-state index contributed by atoms with van der Waals surface area (Å²) >= 11 is 0. The summed E-state index contributed by atoms with van der Waals surface area (Å²) in [6, 6.07) is 0. The van der Waals surface area contributed by atoms with Gasteiger partial charge < -0.3 is 4.74 Å². The molecule has 0 aliphatic rings. The van der Waals surface area contributed by atoms with Crippen molar-refractivity contribution in [2.24, 2.45) is 0 Å². The average molecular weight is 389 g/mol. The Kier molecular flexibility index (Phi) is 11.4. The van der Waals surface area contributed by atoms with Crippen LogP contribution in [0.2, 0.25) is 0 Å². The Balaban J connectivity index is 4.27. The van der Waals surface area contributed by atoms with Crippen LogP contribution in [0.15, 0.2) is 0 Å². The number of carbonyl (C=O) groups is 1. The molecule has 1 unspecified atom stereocenters. The first-order valence-corrected chi connectivity index (χ1v) is 11.6. The first-order chi connectivity index (χ1) is 11.0. The van der Waals surface area contributed by atoms with E-state index in [1.165, 1.54) is 6.42 Å². The maximum absolute atomic E-state index is 11.9. The van der Waals surface area contributed by atoms with Crippen molar-refractivity contribution in [1.82, 2.24) is 0 Å². The molecule has 0 fully saturated rings.